The molecule has 84 valence electrons. The Morgan fingerprint density at radius 1 is 1.50 bits per heavy atom. The van der Waals surface area contributed by atoms with Crippen LogP contribution in [0.3, 0.4) is 0 Å². The Morgan fingerprint density at radius 3 is 2.64 bits per heavy atom. The van der Waals surface area contributed by atoms with E-state index >= 15 is 0 Å². The highest BCUT2D eigenvalue weighted by Crippen LogP contribution is 1.89. The first-order valence-corrected chi connectivity index (χ1v) is 6.32. The number of ether oxygens (including phenoxy) is 1. The summed E-state index contributed by atoms with van der Waals surface area (Å²) < 4.78 is 29.9. The van der Waals surface area contributed by atoms with Crippen LogP contribution in [0.2, 0.25) is 0 Å². The second-order valence-electron chi connectivity index (χ2n) is 3.22. The molecule has 0 spiro atoms. The van der Waals surface area contributed by atoms with E-state index in [4.69, 9.17) is 4.74 Å². The van der Waals surface area contributed by atoms with Gasteiger partial charge in [-0.15, -0.1) is 0 Å². The normalized spacial score (nSPS) is 11.6. The summed E-state index contributed by atoms with van der Waals surface area (Å²) in [5, 5.41) is 0. The fourth-order valence-corrected chi connectivity index (χ4v) is 1.93. The lowest BCUT2D eigenvalue weighted by Gasteiger charge is -2.06. The second-order valence-corrected chi connectivity index (χ2v) is 5.15. The zero-order valence-electron chi connectivity index (χ0n) is 8.88. The molecule has 5 heteroatoms. The molecule has 0 fully saturated rings. The van der Waals surface area contributed by atoms with Crippen LogP contribution in [0.5, 0.6) is 0 Å². The van der Waals surface area contributed by atoms with Gasteiger partial charge in [-0.2, -0.15) is 0 Å². The Balaban J connectivity index is 3.49. The number of nitrogens with one attached hydrogen (secondary N) is 1. The van der Waals surface area contributed by atoms with E-state index in [1.807, 2.05) is 13.8 Å². The molecule has 0 aromatic carbocycles. The first-order chi connectivity index (χ1) is 6.48. The van der Waals surface area contributed by atoms with Crippen molar-refractivity contribution in [1.82, 2.24) is 4.72 Å². The molecule has 0 unspecified atom stereocenters. The fourth-order valence-electron chi connectivity index (χ4n) is 0.857. The Hall–Kier alpha value is -0.390. The molecule has 4 nitrogen and oxygen atoms in total. The van der Waals surface area contributed by atoms with Crippen molar-refractivity contribution in [2.45, 2.75) is 20.3 Å². The van der Waals surface area contributed by atoms with Crippen molar-refractivity contribution in [3.8, 4) is 0 Å². The topological polar surface area (TPSA) is 55.4 Å². The van der Waals surface area contributed by atoms with Gasteiger partial charge >= 0.3 is 0 Å². The minimum absolute atomic E-state index is 0.174. The maximum absolute atomic E-state index is 11.1. The average Bonchev–Trinajstić information content (AvgIpc) is 2.02. The molecule has 0 bridgehead atoms. The first kappa shape index (κ1) is 13.6. The van der Waals surface area contributed by atoms with Crippen LogP contribution >= 0.6 is 0 Å². The van der Waals surface area contributed by atoms with Gasteiger partial charge in [0.05, 0.1) is 19.0 Å². The quantitative estimate of drug-likeness (QED) is 0.489. The van der Waals surface area contributed by atoms with Gasteiger partial charge in [-0.1, -0.05) is 19.1 Å². The van der Waals surface area contributed by atoms with Crippen LogP contribution in [0, 0.1) is 0 Å². The summed E-state index contributed by atoms with van der Waals surface area (Å²) in [4.78, 5) is 0. The predicted molar refractivity (Wildman–Crippen MR) is 57.7 cm³/mol. The van der Waals surface area contributed by atoms with Crippen LogP contribution in [0.25, 0.3) is 0 Å². The molecule has 0 saturated carbocycles. The van der Waals surface area contributed by atoms with Crippen LogP contribution in [0.4, 0.5) is 0 Å². The average molecular weight is 221 g/mol. The first-order valence-electron chi connectivity index (χ1n) is 4.67. The maximum Gasteiger partial charge on any atom is 0.211 e. The van der Waals surface area contributed by atoms with Gasteiger partial charge in [-0.05, 0) is 13.3 Å². The standard InChI is InChI=1S/C9H19NO3S/c1-4-7-14(11,12)10-5-6-13-8-9(2)3/h10H,2,4-8H2,1,3H3. The highest BCUT2D eigenvalue weighted by atomic mass is 32.2. The third-order valence-corrected chi connectivity index (χ3v) is 2.98. The third-order valence-electron chi connectivity index (χ3n) is 1.39. The van der Waals surface area contributed by atoms with Crippen molar-refractivity contribution >= 4 is 10.0 Å². The number of rotatable bonds is 8. The van der Waals surface area contributed by atoms with E-state index < -0.39 is 10.0 Å². The molecule has 1 N–H and O–H groups in total. The molecule has 0 aliphatic carbocycles. The molecule has 0 atom stereocenters. The lowest BCUT2D eigenvalue weighted by molar-refractivity contribution is 0.162. The van der Waals surface area contributed by atoms with Crippen LogP contribution < -0.4 is 4.72 Å². The van der Waals surface area contributed by atoms with Crippen molar-refractivity contribution < 1.29 is 13.2 Å². The van der Waals surface area contributed by atoms with Crippen molar-refractivity contribution in [2.24, 2.45) is 0 Å². The van der Waals surface area contributed by atoms with Crippen molar-refractivity contribution in [3.05, 3.63) is 12.2 Å². The van der Waals surface area contributed by atoms with Gasteiger partial charge in [0.15, 0.2) is 0 Å². The SMILES string of the molecule is C=C(C)COCCNS(=O)(=O)CCC. The molecule has 0 saturated heterocycles. The second kappa shape index (κ2) is 6.98. The Morgan fingerprint density at radius 2 is 2.14 bits per heavy atom. The molecule has 0 heterocycles. The van der Waals surface area contributed by atoms with Crippen molar-refractivity contribution in [1.29, 1.82) is 0 Å². The summed E-state index contributed by atoms with van der Waals surface area (Å²) >= 11 is 0. The molecular weight excluding hydrogens is 202 g/mol. The van der Waals surface area contributed by atoms with E-state index in [1.54, 1.807) is 0 Å². The smallest absolute Gasteiger partial charge is 0.211 e. The highest BCUT2D eigenvalue weighted by Gasteiger charge is 2.06. The van der Waals surface area contributed by atoms with Crippen molar-refractivity contribution in [3.63, 3.8) is 0 Å². The summed E-state index contributed by atoms with van der Waals surface area (Å²) in [5.74, 6) is 0.174. The lowest BCUT2D eigenvalue weighted by atomic mass is 10.4. The van der Waals surface area contributed by atoms with Crippen LogP contribution in [0.1, 0.15) is 20.3 Å². The molecule has 0 rings (SSSR count). The lowest BCUT2D eigenvalue weighted by Crippen LogP contribution is -2.29. The third kappa shape index (κ3) is 8.22. The summed E-state index contributed by atoms with van der Waals surface area (Å²) in [6.07, 6.45) is 0.627. The Labute approximate surface area is 86.4 Å². The summed E-state index contributed by atoms with van der Waals surface area (Å²) in [6, 6.07) is 0. The zero-order valence-corrected chi connectivity index (χ0v) is 9.69. The maximum atomic E-state index is 11.1. The zero-order chi connectivity index (χ0) is 11.0. The monoisotopic (exact) mass is 221 g/mol. The number of hydrogen-bond donors (Lipinski definition) is 1. The van der Waals surface area contributed by atoms with Gasteiger partial charge < -0.3 is 4.74 Å². The van der Waals surface area contributed by atoms with Crippen molar-refractivity contribution in [2.75, 3.05) is 25.5 Å². The Bertz CT molecular complexity index is 259. The molecule has 0 aliphatic rings. The van der Waals surface area contributed by atoms with Gasteiger partial charge in [0.25, 0.3) is 0 Å². The van der Waals surface area contributed by atoms with Gasteiger partial charge in [0.1, 0.15) is 0 Å². The largest absolute Gasteiger partial charge is 0.376 e. The molecule has 0 amide bonds. The minimum Gasteiger partial charge on any atom is -0.376 e. The fraction of sp³-hybridized carbons (Fsp3) is 0.778. The highest BCUT2D eigenvalue weighted by molar-refractivity contribution is 7.89. The van der Waals surface area contributed by atoms with Gasteiger partial charge in [-0.25, -0.2) is 13.1 Å². The van der Waals surface area contributed by atoms with E-state index in [0.29, 0.717) is 26.2 Å². The van der Waals surface area contributed by atoms with E-state index in [-0.39, 0.29) is 5.75 Å². The van der Waals surface area contributed by atoms with Crippen LogP contribution in [-0.2, 0) is 14.8 Å². The predicted octanol–water partition coefficient (Wildman–Crippen LogP) is 0.909. The molecule has 0 aromatic heterocycles. The van der Waals surface area contributed by atoms with E-state index in [0.717, 1.165) is 5.57 Å². The number of sulfonamides is 1. The summed E-state index contributed by atoms with van der Waals surface area (Å²) in [6.45, 7) is 8.56. The van der Waals surface area contributed by atoms with Gasteiger partial charge in [-0.3, -0.25) is 0 Å². The van der Waals surface area contributed by atoms with Gasteiger partial charge in [0, 0.05) is 6.54 Å². The summed E-state index contributed by atoms with van der Waals surface area (Å²) in [5.41, 5.74) is 0.932. The minimum atomic E-state index is -3.08. The summed E-state index contributed by atoms with van der Waals surface area (Å²) in [7, 11) is -3.08. The molecule has 0 radical (unpaired) electrons. The molecule has 14 heavy (non-hydrogen) atoms. The number of hydrogen-bond acceptors (Lipinski definition) is 3. The Kier molecular flexibility index (Phi) is 6.78. The van der Waals surface area contributed by atoms with E-state index in [9.17, 15) is 8.42 Å². The van der Waals surface area contributed by atoms with E-state index in [1.165, 1.54) is 0 Å². The van der Waals surface area contributed by atoms with Crippen LogP contribution in [0.15, 0.2) is 12.2 Å². The molecular formula is C9H19NO3S. The molecule has 0 aromatic rings. The molecule has 0 aliphatic heterocycles. The van der Waals surface area contributed by atoms with Crippen LogP contribution in [-0.4, -0.2) is 33.9 Å². The van der Waals surface area contributed by atoms with E-state index in [2.05, 4.69) is 11.3 Å². The van der Waals surface area contributed by atoms with Gasteiger partial charge in [0.2, 0.25) is 10.0 Å².